The summed E-state index contributed by atoms with van der Waals surface area (Å²) in [6.07, 6.45) is 0. The van der Waals surface area contributed by atoms with Crippen LogP contribution >= 0.6 is 0 Å². The molecule has 0 aliphatic carbocycles. The zero-order valence-electron chi connectivity index (χ0n) is 10.6. The summed E-state index contributed by atoms with van der Waals surface area (Å²) in [5.74, 6) is -0.873. The smallest absolute Gasteiger partial charge is 0.332 e. The van der Waals surface area contributed by atoms with Gasteiger partial charge in [0, 0.05) is 6.54 Å². The molecule has 0 bridgehead atoms. The van der Waals surface area contributed by atoms with E-state index in [-0.39, 0.29) is 18.8 Å². The van der Waals surface area contributed by atoms with Gasteiger partial charge in [0.2, 0.25) is 0 Å². The van der Waals surface area contributed by atoms with Gasteiger partial charge in [0.05, 0.1) is 24.5 Å². The number of halogens is 1. The minimum Gasteiger partial charge on any atom is -0.464 e. The predicted octanol–water partition coefficient (Wildman–Crippen LogP) is 1.69. The van der Waals surface area contributed by atoms with E-state index in [1.807, 2.05) is 6.07 Å². The monoisotopic (exact) mass is 266 g/mol. The van der Waals surface area contributed by atoms with E-state index in [4.69, 9.17) is 10.00 Å². The SMILES string of the molecule is CCOC(=O)COCCNc1ccc(F)cc1C#N. The number of carbonyl (C=O) groups excluding carboxylic acids is 1. The molecule has 6 heteroatoms. The fraction of sp³-hybridized carbons (Fsp3) is 0.385. The largest absolute Gasteiger partial charge is 0.464 e. The summed E-state index contributed by atoms with van der Waals surface area (Å²) in [5, 5.41) is 11.8. The maximum absolute atomic E-state index is 12.9. The van der Waals surface area contributed by atoms with Crippen molar-refractivity contribution in [3.8, 4) is 6.07 Å². The van der Waals surface area contributed by atoms with Gasteiger partial charge in [-0.1, -0.05) is 0 Å². The maximum Gasteiger partial charge on any atom is 0.332 e. The van der Waals surface area contributed by atoms with E-state index >= 15 is 0 Å². The van der Waals surface area contributed by atoms with Crippen molar-refractivity contribution >= 4 is 11.7 Å². The standard InChI is InChI=1S/C13H15FN2O3/c1-2-19-13(17)9-18-6-5-16-12-4-3-11(14)7-10(12)8-15/h3-4,7,16H,2,5-6,9H2,1H3. The highest BCUT2D eigenvalue weighted by Crippen LogP contribution is 2.15. The molecule has 0 aliphatic rings. The molecule has 0 aliphatic heterocycles. The minimum atomic E-state index is -0.458. The Kier molecular flexibility index (Phi) is 6.33. The lowest BCUT2D eigenvalue weighted by Gasteiger charge is -2.08. The summed E-state index contributed by atoms with van der Waals surface area (Å²) < 4.78 is 22.6. The first kappa shape index (κ1) is 14.9. The van der Waals surface area contributed by atoms with Gasteiger partial charge in [-0.15, -0.1) is 0 Å². The number of benzene rings is 1. The normalized spacial score (nSPS) is 9.74. The average molecular weight is 266 g/mol. The fourth-order valence-electron chi connectivity index (χ4n) is 1.38. The Bertz CT molecular complexity index is 471. The number of hydrogen-bond donors (Lipinski definition) is 1. The number of carbonyl (C=O) groups is 1. The van der Waals surface area contributed by atoms with Gasteiger partial charge in [0.15, 0.2) is 0 Å². The maximum atomic E-state index is 12.9. The number of rotatable bonds is 7. The van der Waals surface area contributed by atoms with Crippen molar-refractivity contribution in [1.82, 2.24) is 0 Å². The summed E-state index contributed by atoms with van der Waals surface area (Å²) in [6, 6.07) is 5.80. The van der Waals surface area contributed by atoms with Crippen LogP contribution in [0.2, 0.25) is 0 Å². The van der Waals surface area contributed by atoms with E-state index in [9.17, 15) is 9.18 Å². The highest BCUT2D eigenvalue weighted by Gasteiger charge is 2.04. The molecule has 0 aromatic heterocycles. The number of nitrogens with one attached hydrogen (secondary N) is 1. The Hall–Kier alpha value is -2.13. The van der Waals surface area contributed by atoms with Crippen molar-refractivity contribution in [2.45, 2.75) is 6.92 Å². The van der Waals surface area contributed by atoms with Crippen LogP contribution in [-0.2, 0) is 14.3 Å². The van der Waals surface area contributed by atoms with Crippen molar-refractivity contribution in [3.05, 3.63) is 29.6 Å². The number of nitrogens with zero attached hydrogens (tertiary/aromatic N) is 1. The van der Waals surface area contributed by atoms with Gasteiger partial charge in [-0.25, -0.2) is 9.18 Å². The Morgan fingerprint density at radius 3 is 3.00 bits per heavy atom. The molecular formula is C13H15FN2O3. The summed E-state index contributed by atoms with van der Waals surface area (Å²) in [5.41, 5.74) is 0.758. The van der Waals surface area contributed by atoms with Gasteiger partial charge < -0.3 is 14.8 Å². The minimum absolute atomic E-state index is 0.107. The number of anilines is 1. The van der Waals surface area contributed by atoms with Gasteiger partial charge >= 0.3 is 5.97 Å². The molecule has 0 unspecified atom stereocenters. The number of ether oxygens (including phenoxy) is 2. The summed E-state index contributed by atoms with van der Waals surface area (Å²) in [7, 11) is 0. The molecule has 5 nitrogen and oxygen atoms in total. The van der Waals surface area contributed by atoms with Crippen molar-refractivity contribution in [1.29, 1.82) is 5.26 Å². The van der Waals surface area contributed by atoms with E-state index in [0.717, 1.165) is 6.07 Å². The molecule has 0 spiro atoms. The lowest BCUT2D eigenvalue weighted by atomic mass is 10.2. The third-order valence-electron chi connectivity index (χ3n) is 2.19. The quantitative estimate of drug-likeness (QED) is 0.600. The van der Waals surface area contributed by atoms with E-state index in [0.29, 0.717) is 18.8 Å². The summed E-state index contributed by atoms with van der Waals surface area (Å²) in [4.78, 5) is 11.0. The Morgan fingerprint density at radius 2 is 2.32 bits per heavy atom. The molecular weight excluding hydrogens is 251 g/mol. The molecule has 19 heavy (non-hydrogen) atoms. The van der Waals surface area contributed by atoms with Crippen molar-refractivity contribution in [3.63, 3.8) is 0 Å². The molecule has 0 saturated heterocycles. The third kappa shape index (κ3) is 5.36. The van der Waals surface area contributed by atoms with Crippen molar-refractivity contribution < 1.29 is 18.7 Å². The Morgan fingerprint density at radius 1 is 1.53 bits per heavy atom. The molecule has 0 heterocycles. The molecule has 0 fully saturated rings. The van der Waals surface area contributed by atoms with Crippen LogP contribution in [0.5, 0.6) is 0 Å². The van der Waals surface area contributed by atoms with Crippen LogP contribution in [0.15, 0.2) is 18.2 Å². The van der Waals surface area contributed by atoms with Crippen LogP contribution in [0, 0.1) is 17.1 Å². The molecule has 0 saturated carbocycles. The molecule has 0 amide bonds. The second-order valence-corrected chi connectivity index (χ2v) is 3.59. The van der Waals surface area contributed by atoms with Crippen LogP contribution in [-0.4, -0.2) is 32.3 Å². The highest BCUT2D eigenvalue weighted by atomic mass is 19.1. The van der Waals surface area contributed by atoms with E-state index in [2.05, 4.69) is 10.1 Å². The Labute approximate surface area is 110 Å². The summed E-state index contributed by atoms with van der Waals surface area (Å²) >= 11 is 0. The first-order valence-corrected chi connectivity index (χ1v) is 5.84. The van der Waals surface area contributed by atoms with Crippen molar-refractivity contribution in [2.24, 2.45) is 0 Å². The molecule has 1 rings (SSSR count). The molecule has 0 radical (unpaired) electrons. The van der Waals surface area contributed by atoms with E-state index in [1.165, 1.54) is 12.1 Å². The first-order chi connectivity index (χ1) is 9.17. The van der Waals surface area contributed by atoms with Crippen LogP contribution in [0.4, 0.5) is 10.1 Å². The summed E-state index contributed by atoms with van der Waals surface area (Å²) in [6.45, 7) is 2.61. The number of esters is 1. The number of nitriles is 1. The van der Waals surface area contributed by atoms with Gasteiger partial charge in [-0.2, -0.15) is 5.26 Å². The lowest BCUT2D eigenvalue weighted by molar-refractivity contribution is -0.148. The molecule has 1 N–H and O–H groups in total. The molecule has 0 atom stereocenters. The Balaban J connectivity index is 2.30. The molecule has 1 aromatic carbocycles. The fourth-order valence-corrected chi connectivity index (χ4v) is 1.38. The number of hydrogen-bond acceptors (Lipinski definition) is 5. The lowest BCUT2D eigenvalue weighted by Crippen LogP contribution is -2.16. The van der Waals surface area contributed by atoms with Gasteiger partial charge in [0.25, 0.3) is 0 Å². The second kappa shape index (κ2) is 8.06. The van der Waals surface area contributed by atoms with Crippen LogP contribution in [0.25, 0.3) is 0 Å². The highest BCUT2D eigenvalue weighted by molar-refractivity contribution is 5.70. The predicted molar refractivity (Wildman–Crippen MR) is 67.1 cm³/mol. The molecule has 1 aromatic rings. The van der Waals surface area contributed by atoms with Gasteiger partial charge in [0.1, 0.15) is 18.5 Å². The van der Waals surface area contributed by atoms with Crippen LogP contribution in [0.1, 0.15) is 12.5 Å². The third-order valence-corrected chi connectivity index (χ3v) is 2.19. The van der Waals surface area contributed by atoms with Crippen LogP contribution in [0.3, 0.4) is 0 Å². The average Bonchev–Trinajstić information content (AvgIpc) is 2.40. The second-order valence-electron chi connectivity index (χ2n) is 3.59. The van der Waals surface area contributed by atoms with E-state index in [1.54, 1.807) is 6.92 Å². The zero-order valence-corrected chi connectivity index (χ0v) is 10.6. The topological polar surface area (TPSA) is 71.3 Å². The van der Waals surface area contributed by atoms with Gasteiger partial charge in [-0.05, 0) is 25.1 Å². The van der Waals surface area contributed by atoms with Gasteiger partial charge in [-0.3, -0.25) is 0 Å². The molecule has 102 valence electrons. The first-order valence-electron chi connectivity index (χ1n) is 5.84. The van der Waals surface area contributed by atoms with Crippen molar-refractivity contribution in [2.75, 3.05) is 31.7 Å². The van der Waals surface area contributed by atoms with E-state index < -0.39 is 11.8 Å². The zero-order chi connectivity index (χ0) is 14.1. The van der Waals surface area contributed by atoms with Crippen LogP contribution < -0.4 is 5.32 Å².